The van der Waals surface area contributed by atoms with Crippen molar-refractivity contribution in [3.05, 3.63) is 83.6 Å². The number of halogens is 1. The molecule has 11 heteroatoms. The Hall–Kier alpha value is -4.80. The molecule has 0 aliphatic rings. The van der Waals surface area contributed by atoms with Crippen LogP contribution >= 0.6 is 0 Å². The molecule has 0 saturated heterocycles. The minimum atomic E-state index is -1.25. The number of hydrogen-bond acceptors (Lipinski definition) is 6. The van der Waals surface area contributed by atoms with Crippen LogP contribution in [0.2, 0.25) is 0 Å². The van der Waals surface area contributed by atoms with Crippen molar-refractivity contribution in [3.63, 3.8) is 0 Å². The number of nitrogens with zero attached hydrogens (tertiary/aromatic N) is 3. The first-order chi connectivity index (χ1) is 16.8. The Labute approximate surface area is 198 Å². The molecule has 0 aliphatic heterocycles. The molecule has 10 nitrogen and oxygen atoms in total. The van der Waals surface area contributed by atoms with Gasteiger partial charge in [-0.2, -0.15) is 5.10 Å². The lowest BCUT2D eigenvalue weighted by Crippen LogP contribution is -2.23. The van der Waals surface area contributed by atoms with E-state index in [1.807, 2.05) is 0 Å². The number of aromatic nitrogens is 4. The third-order valence-electron chi connectivity index (χ3n) is 5.19. The molecule has 0 saturated carbocycles. The minimum absolute atomic E-state index is 0.0502. The molecule has 3 N–H and O–H groups in total. The molecule has 0 aliphatic carbocycles. The summed E-state index contributed by atoms with van der Waals surface area (Å²) in [7, 11) is 0. The van der Waals surface area contributed by atoms with Crippen LogP contribution in [0.25, 0.3) is 22.3 Å². The standard InChI is InChI=1S/C24H20FN5O5/c1-14-17(12-27-30(14)13-35-22(33)9-8-21(31)32)19-7-6-15-10-20(29-23(15)28-19)24(34)26-11-16-4-2-3-5-18(16)25/h2-10,12H,11,13H2,1H3,(H,26,34)(H,28,29)(H,31,32)/b9-8+. The lowest BCUT2D eigenvalue weighted by molar-refractivity contribution is -0.142. The molecule has 178 valence electrons. The van der Waals surface area contributed by atoms with Crippen LogP contribution < -0.4 is 5.32 Å². The van der Waals surface area contributed by atoms with Gasteiger partial charge in [-0.25, -0.2) is 23.6 Å². The van der Waals surface area contributed by atoms with E-state index in [2.05, 4.69) is 20.4 Å². The van der Waals surface area contributed by atoms with Gasteiger partial charge in [0.2, 0.25) is 0 Å². The number of esters is 1. The van der Waals surface area contributed by atoms with E-state index in [0.717, 1.165) is 6.08 Å². The minimum Gasteiger partial charge on any atom is -0.478 e. The first kappa shape index (κ1) is 23.4. The fourth-order valence-corrected chi connectivity index (χ4v) is 3.33. The molecule has 3 heterocycles. The van der Waals surface area contributed by atoms with Crippen LogP contribution in [0.15, 0.2) is 60.8 Å². The molecule has 4 aromatic rings. The first-order valence-electron chi connectivity index (χ1n) is 10.4. The summed E-state index contributed by atoms with van der Waals surface area (Å²) in [6.07, 6.45) is 3.07. The van der Waals surface area contributed by atoms with E-state index < -0.39 is 23.7 Å². The number of ether oxygens (including phenoxy) is 1. The second kappa shape index (κ2) is 10.00. The number of aromatic amines is 1. The average Bonchev–Trinajstić information content (AvgIpc) is 3.43. The van der Waals surface area contributed by atoms with E-state index in [1.54, 1.807) is 49.5 Å². The Bertz CT molecular complexity index is 1460. The maximum Gasteiger partial charge on any atom is 0.332 e. The van der Waals surface area contributed by atoms with Crippen molar-refractivity contribution in [1.29, 1.82) is 0 Å². The maximum absolute atomic E-state index is 13.8. The molecular weight excluding hydrogens is 457 g/mol. The number of hydrogen-bond donors (Lipinski definition) is 3. The predicted molar refractivity (Wildman–Crippen MR) is 122 cm³/mol. The van der Waals surface area contributed by atoms with Gasteiger partial charge in [-0.1, -0.05) is 18.2 Å². The Morgan fingerprint density at radius 2 is 2.00 bits per heavy atom. The largest absolute Gasteiger partial charge is 0.478 e. The van der Waals surface area contributed by atoms with E-state index in [0.29, 0.717) is 39.6 Å². The van der Waals surface area contributed by atoms with Crippen LogP contribution in [-0.2, 0) is 27.6 Å². The molecule has 0 atom stereocenters. The van der Waals surface area contributed by atoms with E-state index in [9.17, 15) is 18.8 Å². The summed E-state index contributed by atoms with van der Waals surface area (Å²) in [6.45, 7) is 1.62. The van der Waals surface area contributed by atoms with Gasteiger partial charge in [0, 0.05) is 40.9 Å². The molecule has 0 spiro atoms. The van der Waals surface area contributed by atoms with Gasteiger partial charge in [0.1, 0.15) is 17.2 Å². The first-order valence-corrected chi connectivity index (χ1v) is 10.4. The number of pyridine rings is 1. The summed E-state index contributed by atoms with van der Waals surface area (Å²) >= 11 is 0. The highest BCUT2D eigenvalue weighted by Gasteiger charge is 2.15. The summed E-state index contributed by atoms with van der Waals surface area (Å²) in [4.78, 5) is 42.1. The van der Waals surface area contributed by atoms with Crippen LogP contribution in [0.3, 0.4) is 0 Å². The van der Waals surface area contributed by atoms with Crippen molar-refractivity contribution >= 4 is 28.9 Å². The topological polar surface area (TPSA) is 139 Å². The van der Waals surface area contributed by atoms with Crippen molar-refractivity contribution in [1.82, 2.24) is 25.1 Å². The number of aliphatic carboxylic acids is 1. The second-order valence-corrected chi connectivity index (χ2v) is 7.50. The summed E-state index contributed by atoms with van der Waals surface area (Å²) in [5, 5.41) is 16.1. The summed E-state index contributed by atoms with van der Waals surface area (Å²) in [5.41, 5.74) is 3.09. The molecule has 3 aromatic heterocycles. The zero-order valence-corrected chi connectivity index (χ0v) is 18.5. The summed E-state index contributed by atoms with van der Waals surface area (Å²) in [5.74, 6) is -2.85. The fraction of sp³-hybridized carbons (Fsp3) is 0.125. The molecule has 1 aromatic carbocycles. The highest BCUT2D eigenvalue weighted by atomic mass is 19.1. The van der Waals surface area contributed by atoms with Gasteiger partial charge < -0.3 is 20.1 Å². The molecule has 35 heavy (non-hydrogen) atoms. The van der Waals surface area contributed by atoms with Gasteiger partial charge in [-0.15, -0.1) is 0 Å². The van der Waals surface area contributed by atoms with Crippen LogP contribution in [0.5, 0.6) is 0 Å². The number of benzene rings is 1. The Kier molecular flexibility index (Phi) is 6.67. The number of fused-ring (bicyclic) bond motifs is 1. The van der Waals surface area contributed by atoms with Crippen LogP contribution in [0.1, 0.15) is 21.7 Å². The highest BCUT2D eigenvalue weighted by molar-refractivity contribution is 5.97. The van der Waals surface area contributed by atoms with Gasteiger partial charge in [-0.05, 0) is 31.2 Å². The van der Waals surface area contributed by atoms with Crippen LogP contribution in [-0.4, -0.2) is 42.7 Å². The predicted octanol–water partition coefficient (Wildman–Crippen LogP) is 2.95. The second-order valence-electron chi connectivity index (χ2n) is 7.50. The number of amides is 1. The Morgan fingerprint density at radius 3 is 2.77 bits per heavy atom. The number of carbonyl (C=O) groups is 3. The molecule has 4 rings (SSSR count). The molecule has 1 amide bonds. The van der Waals surface area contributed by atoms with Crippen LogP contribution in [0.4, 0.5) is 4.39 Å². The number of carboxylic acid groups (broad SMARTS) is 1. The van der Waals surface area contributed by atoms with Crippen molar-refractivity contribution < 1.29 is 28.6 Å². The zero-order valence-electron chi connectivity index (χ0n) is 18.5. The Balaban J connectivity index is 1.46. The lowest BCUT2D eigenvalue weighted by atomic mass is 10.1. The van der Waals surface area contributed by atoms with E-state index in [4.69, 9.17) is 9.84 Å². The summed E-state index contributed by atoms with van der Waals surface area (Å²) in [6, 6.07) is 11.4. The van der Waals surface area contributed by atoms with Crippen molar-refractivity contribution in [2.24, 2.45) is 0 Å². The Morgan fingerprint density at radius 1 is 1.20 bits per heavy atom. The zero-order chi connectivity index (χ0) is 24.9. The van der Waals surface area contributed by atoms with Gasteiger partial charge >= 0.3 is 11.9 Å². The van der Waals surface area contributed by atoms with Gasteiger partial charge in [-0.3, -0.25) is 4.79 Å². The number of rotatable bonds is 8. The van der Waals surface area contributed by atoms with Crippen molar-refractivity contribution in [2.45, 2.75) is 20.2 Å². The van der Waals surface area contributed by atoms with Crippen molar-refractivity contribution in [2.75, 3.05) is 0 Å². The molecule has 0 unspecified atom stereocenters. The smallest absolute Gasteiger partial charge is 0.332 e. The van der Waals surface area contributed by atoms with E-state index >= 15 is 0 Å². The van der Waals surface area contributed by atoms with Gasteiger partial charge in [0.25, 0.3) is 5.91 Å². The fourth-order valence-electron chi connectivity index (χ4n) is 3.33. The molecular formula is C24H20FN5O5. The molecule has 0 radical (unpaired) electrons. The monoisotopic (exact) mass is 477 g/mol. The SMILES string of the molecule is Cc1c(-c2ccc3cc(C(=O)NCc4ccccc4F)[nH]c3n2)cnn1COC(=O)/C=C/C(=O)O. The highest BCUT2D eigenvalue weighted by Crippen LogP contribution is 2.24. The molecule has 0 bridgehead atoms. The van der Waals surface area contributed by atoms with E-state index in [-0.39, 0.29) is 19.0 Å². The quantitative estimate of drug-likeness (QED) is 0.262. The van der Waals surface area contributed by atoms with Gasteiger partial charge in [0.05, 0.1) is 11.9 Å². The number of carbonyl (C=O) groups excluding carboxylic acids is 2. The maximum atomic E-state index is 13.8. The third kappa shape index (κ3) is 5.41. The third-order valence-corrected chi connectivity index (χ3v) is 5.19. The lowest BCUT2D eigenvalue weighted by Gasteiger charge is -2.05. The number of carboxylic acids is 1. The van der Waals surface area contributed by atoms with Crippen LogP contribution in [0, 0.1) is 12.7 Å². The number of nitrogens with one attached hydrogen (secondary N) is 2. The number of H-pyrrole nitrogens is 1. The normalized spacial score (nSPS) is 11.1. The average molecular weight is 477 g/mol. The van der Waals surface area contributed by atoms with Crippen molar-refractivity contribution in [3.8, 4) is 11.3 Å². The van der Waals surface area contributed by atoms with E-state index in [1.165, 1.54) is 10.7 Å². The summed E-state index contributed by atoms with van der Waals surface area (Å²) < 4.78 is 20.2. The molecule has 0 fully saturated rings. The van der Waals surface area contributed by atoms with Gasteiger partial charge in [0.15, 0.2) is 6.73 Å².